The van der Waals surface area contributed by atoms with Crippen molar-refractivity contribution in [2.24, 2.45) is 5.92 Å². The van der Waals surface area contributed by atoms with Gasteiger partial charge in [0.05, 0.1) is 5.75 Å². The van der Waals surface area contributed by atoms with Gasteiger partial charge in [-0.15, -0.1) is 0 Å². The molecular formula is C12H19IN2O2S. The Balaban J connectivity index is 2.55. The molecule has 1 atom stereocenters. The van der Waals surface area contributed by atoms with Gasteiger partial charge in [0.2, 0.25) is 10.0 Å². The fraction of sp³-hybridized carbons (Fsp3) is 0.583. The molecule has 1 aromatic rings. The molecule has 4 nitrogen and oxygen atoms in total. The van der Waals surface area contributed by atoms with E-state index in [4.69, 9.17) is 0 Å². The van der Waals surface area contributed by atoms with Gasteiger partial charge in [0, 0.05) is 28.8 Å². The van der Waals surface area contributed by atoms with Gasteiger partial charge in [-0.2, -0.15) is 0 Å². The number of aryl methyl sites for hydroxylation is 1. The molecule has 18 heavy (non-hydrogen) atoms. The van der Waals surface area contributed by atoms with Crippen LogP contribution in [0.2, 0.25) is 0 Å². The second kappa shape index (κ2) is 7.40. The average molecular weight is 382 g/mol. The van der Waals surface area contributed by atoms with Gasteiger partial charge < -0.3 is 0 Å². The molecule has 0 radical (unpaired) electrons. The lowest BCUT2D eigenvalue weighted by molar-refractivity contribution is 0.486. The Kier molecular flexibility index (Phi) is 6.51. The monoisotopic (exact) mass is 382 g/mol. The van der Waals surface area contributed by atoms with E-state index in [1.807, 2.05) is 32.0 Å². The van der Waals surface area contributed by atoms with Crippen LogP contribution >= 0.6 is 22.6 Å². The lowest BCUT2D eigenvalue weighted by Gasteiger charge is -2.19. The van der Waals surface area contributed by atoms with E-state index in [0.29, 0.717) is 12.3 Å². The number of rotatable bonds is 7. The van der Waals surface area contributed by atoms with Crippen molar-refractivity contribution in [1.82, 2.24) is 9.71 Å². The van der Waals surface area contributed by atoms with Crippen molar-refractivity contribution in [2.45, 2.75) is 26.3 Å². The SMILES string of the molecule is CC(C)C(CI)NS(=O)(=O)CCc1ccccn1. The van der Waals surface area contributed by atoms with E-state index in [1.165, 1.54) is 0 Å². The standard InChI is InChI=1S/C12H19IN2O2S/c1-10(2)12(9-13)15-18(16,17)8-6-11-5-3-4-7-14-11/h3-5,7,10,12,15H,6,8-9H2,1-2H3. The van der Waals surface area contributed by atoms with Crippen LogP contribution in [-0.2, 0) is 16.4 Å². The molecular weight excluding hydrogens is 363 g/mol. The van der Waals surface area contributed by atoms with Crippen LogP contribution in [0.25, 0.3) is 0 Å². The van der Waals surface area contributed by atoms with Crippen molar-refractivity contribution in [3.63, 3.8) is 0 Å². The second-order valence-electron chi connectivity index (χ2n) is 4.51. The molecule has 1 N–H and O–H groups in total. The maximum Gasteiger partial charge on any atom is 0.212 e. The van der Waals surface area contributed by atoms with E-state index in [-0.39, 0.29) is 11.8 Å². The number of pyridine rings is 1. The van der Waals surface area contributed by atoms with Gasteiger partial charge in [0.1, 0.15) is 0 Å². The third-order valence-electron chi connectivity index (χ3n) is 2.65. The zero-order chi connectivity index (χ0) is 13.6. The van der Waals surface area contributed by atoms with Gasteiger partial charge in [-0.1, -0.05) is 42.5 Å². The summed E-state index contributed by atoms with van der Waals surface area (Å²) < 4.78 is 27.4. The lowest BCUT2D eigenvalue weighted by Crippen LogP contribution is -2.41. The minimum atomic E-state index is -3.23. The number of nitrogens with one attached hydrogen (secondary N) is 1. The Labute approximate surface area is 123 Å². The largest absolute Gasteiger partial charge is 0.261 e. The molecule has 0 aliphatic rings. The first-order chi connectivity index (χ1) is 8.44. The number of halogens is 1. The van der Waals surface area contributed by atoms with Crippen LogP contribution in [0.4, 0.5) is 0 Å². The van der Waals surface area contributed by atoms with Crippen LogP contribution in [0.5, 0.6) is 0 Å². The fourth-order valence-corrected chi connectivity index (χ4v) is 4.37. The van der Waals surface area contributed by atoms with Crippen LogP contribution < -0.4 is 4.72 Å². The van der Waals surface area contributed by atoms with Crippen molar-refractivity contribution >= 4 is 32.6 Å². The number of alkyl halides is 1. The third-order valence-corrected chi connectivity index (χ3v) is 5.01. The molecule has 1 rings (SSSR count). The third kappa shape index (κ3) is 5.62. The minimum Gasteiger partial charge on any atom is -0.261 e. The molecule has 0 saturated carbocycles. The van der Waals surface area contributed by atoms with E-state index in [1.54, 1.807) is 6.20 Å². The Hall–Kier alpha value is -0.210. The Morgan fingerprint density at radius 1 is 1.39 bits per heavy atom. The number of nitrogens with zero attached hydrogens (tertiary/aromatic N) is 1. The molecule has 102 valence electrons. The van der Waals surface area contributed by atoms with E-state index in [9.17, 15) is 8.42 Å². The van der Waals surface area contributed by atoms with Crippen LogP contribution in [0.1, 0.15) is 19.5 Å². The van der Waals surface area contributed by atoms with E-state index in [2.05, 4.69) is 32.3 Å². The molecule has 0 fully saturated rings. The first-order valence-corrected chi connectivity index (χ1v) is 9.08. The highest BCUT2D eigenvalue weighted by Gasteiger charge is 2.19. The van der Waals surface area contributed by atoms with Gasteiger partial charge in [-0.25, -0.2) is 13.1 Å². The Morgan fingerprint density at radius 2 is 2.11 bits per heavy atom. The average Bonchev–Trinajstić information content (AvgIpc) is 2.35. The van der Waals surface area contributed by atoms with Crippen LogP contribution in [0, 0.1) is 5.92 Å². The Bertz CT molecular complexity index is 448. The summed E-state index contributed by atoms with van der Waals surface area (Å²) in [5.41, 5.74) is 0.804. The molecule has 0 spiro atoms. The summed E-state index contributed by atoms with van der Waals surface area (Å²) in [6.45, 7) is 4.04. The summed E-state index contributed by atoms with van der Waals surface area (Å²) in [6.07, 6.45) is 2.12. The molecule has 0 bridgehead atoms. The van der Waals surface area contributed by atoms with Crippen LogP contribution in [0.15, 0.2) is 24.4 Å². The zero-order valence-corrected chi connectivity index (χ0v) is 13.6. The van der Waals surface area contributed by atoms with Gasteiger partial charge in [-0.3, -0.25) is 4.98 Å². The van der Waals surface area contributed by atoms with E-state index < -0.39 is 10.0 Å². The summed E-state index contributed by atoms with van der Waals surface area (Å²) in [6, 6.07) is 5.53. The number of hydrogen-bond acceptors (Lipinski definition) is 3. The summed E-state index contributed by atoms with van der Waals surface area (Å²) >= 11 is 2.21. The lowest BCUT2D eigenvalue weighted by atomic mass is 10.1. The highest BCUT2D eigenvalue weighted by atomic mass is 127. The van der Waals surface area contributed by atoms with Crippen LogP contribution in [0.3, 0.4) is 0 Å². The summed E-state index contributed by atoms with van der Waals surface area (Å²) in [5.74, 6) is 0.385. The molecule has 0 amide bonds. The highest BCUT2D eigenvalue weighted by Crippen LogP contribution is 2.07. The predicted octanol–water partition coefficient (Wildman–Crippen LogP) is 2.00. The first-order valence-electron chi connectivity index (χ1n) is 5.90. The first kappa shape index (κ1) is 15.8. The normalized spacial score (nSPS) is 13.8. The number of aromatic nitrogens is 1. The summed E-state index contributed by atoms with van der Waals surface area (Å²) in [5, 5.41) is 0. The number of sulfonamides is 1. The van der Waals surface area contributed by atoms with E-state index in [0.717, 1.165) is 10.1 Å². The van der Waals surface area contributed by atoms with Crippen LogP contribution in [-0.4, -0.2) is 29.6 Å². The fourth-order valence-electron chi connectivity index (χ4n) is 1.42. The van der Waals surface area contributed by atoms with Crippen molar-refractivity contribution in [1.29, 1.82) is 0 Å². The van der Waals surface area contributed by atoms with E-state index >= 15 is 0 Å². The topological polar surface area (TPSA) is 59.1 Å². The van der Waals surface area contributed by atoms with Gasteiger partial charge >= 0.3 is 0 Å². The van der Waals surface area contributed by atoms with Gasteiger partial charge in [0.25, 0.3) is 0 Å². The van der Waals surface area contributed by atoms with Crippen molar-refractivity contribution in [2.75, 3.05) is 10.2 Å². The Morgan fingerprint density at radius 3 is 2.61 bits per heavy atom. The smallest absolute Gasteiger partial charge is 0.212 e. The number of hydrogen-bond donors (Lipinski definition) is 1. The second-order valence-corrected chi connectivity index (χ2v) is 7.27. The maximum absolute atomic E-state index is 11.9. The zero-order valence-electron chi connectivity index (χ0n) is 10.6. The molecule has 0 aromatic carbocycles. The molecule has 1 unspecified atom stereocenters. The summed E-state index contributed by atoms with van der Waals surface area (Å²) in [4.78, 5) is 4.12. The van der Waals surface area contributed by atoms with Crippen molar-refractivity contribution < 1.29 is 8.42 Å². The van der Waals surface area contributed by atoms with Crippen molar-refractivity contribution in [3.05, 3.63) is 30.1 Å². The van der Waals surface area contributed by atoms with Gasteiger partial charge in [-0.05, 0) is 18.1 Å². The molecule has 1 heterocycles. The van der Waals surface area contributed by atoms with Gasteiger partial charge in [0.15, 0.2) is 0 Å². The molecule has 0 saturated heterocycles. The van der Waals surface area contributed by atoms with Crippen molar-refractivity contribution in [3.8, 4) is 0 Å². The summed E-state index contributed by atoms with van der Waals surface area (Å²) in [7, 11) is -3.23. The molecule has 0 aliphatic heterocycles. The predicted molar refractivity (Wildman–Crippen MR) is 82.4 cm³/mol. The maximum atomic E-state index is 11.9. The molecule has 6 heteroatoms. The molecule has 0 aliphatic carbocycles. The highest BCUT2D eigenvalue weighted by molar-refractivity contribution is 14.1. The minimum absolute atomic E-state index is 0.000618. The molecule has 1 aromatic heterocycles. The quantitative estimate of drug-likeness (QED) is 0.580.